The van der Waals surface area contributed by atoms with E-state index in [4.69, 9.17) is 0 Å². The van der Waals surface area contributed by atoms with Crippen molar-refractivity contribution >= 4 is 107 Å². The minimum absolute atomic E-state index is 1.18. The maximum absolute atomic E-state index is 2.47. The highest BCUT2D eigenvalue weighted by atomic mass is 32.1. The molecule has 66 heavy (non-hydrogen) atoms. The molecule has 10 aromatic carbocycles. The van der Waals surface area contributed by atoms with E-state index in [-0.39, 0.29) is 0 Å². The first-order valence-corrected chi connectivity index (χ1v) is 24.3. The molecule has 4 heteroatoms. The average molecular weight is 877 g/mol. The van der Waals surface area contributed by atoms with Crippen LogP contribution in [0, 0.1) is 13.8 Å². The van der Waals surface area contributed by atoms with Crippen molar-refractivity contribution in [3.63, 3.8) is 0 Å². The Morgan fingerprint density at radius 1 is 0.273 bits per heavy atom. The molecule has 4 heterocycles. The van der Waals surface area contributed by atoms with Gasteiger partial charge in [-0.05, 0) is 155 Å². The Balaban J connectivity index is 0.993. The van der Waals surface area contributed by atoms with Gasteiger partial charge in [0.1, 0.15) is 0 Å². The Morgan fingerprint density at radius 3 is 1.05 bits per heavy atom. The molecule has 0 aliphatic rings. The zero-order chi connectivity index (χ0) is 43.6. The topological polar surface area (TPSA) is 9.86 Å². The fraction of sp³-hybridized carbons (Fsp3) is 0.0323. The molecular weight excluding hydrogens is 837 g/mol. The summed E-state index contributed by atoms with van der Waals surface area (Å²) in [5.41, 5.74) is 17.1. The number of rotatable bonds is 5. The lowest BCUT2D eigenvalue weighted by Crippen LogP contribution is -1.94. The predicted octanol–water partition coefficient (Wildman–Crippen LogP) is 18.2. The van der Waals surface area contributed by atoms with E-state index < -0.39 is 0 Å². The number of benzene rings is 10. The normalized spacial score (nSPS) is 12.1. The van der Waals surface area contributed by atoms with Gasteiger partial charge >= 0.3 is 0 Å². The van der Waals surface area contributed by atoms with Crippen molar-refractivity contribution in [2.24, 2.45) is 0 Å². The van der Waals surface area contributed by atoms with Gasteiger partial charge in [-0.15, -0.1) is 22.7 Å². The molecule has 0 N–H and O–H groups in total. The molecule has 0 aliphatic heterocycles. The number of hydrogen-bond donors (Lipinski definition) is 0. The highest BCUT2D eigenvalue weighted by molar-refractivity contribution is 7.26. The van der Waals surface area contributed by atoms with E-state index in [1.807, 2.05) is 22.7 Å². The molecule has 14 rings (SSSR count). The lowest BCUT2D eigenvalue weighted by molar-refractivity contribution is 1.19. The number of aryl methyl sites for hydroxylation is 2. The third-order valence-electron chi connectivity index (χ3n) is 14.0. The van der Waals surface area contributed by atoms with Gasteiger partial charge in [0.2, 0.25) is 0 Å². The molecule has 0 radical (unpaired) electrons. The zero-order valence-electron chi connectivity index (χ0n) is 36.3. The van der Waals surface area contributed by atoms with Crippen LogP contribution in [0.1, 0.15) is 11.1 Å². The summed E-state index contributed by atoms with van der Waals surface area (Å²) < 4.78 is 10.2. The molecule has 0 saturated heterocycles. The Labute approximate surface area is 389 Å². The standard InChI is InChI=1S/C62H40N2S2/c1-37-11-3-5-13-45(37)41-21-27-57-51(33-41)49-31-39(19-25-55(49)63(57)43-23-29-61-53(35-43)47-15-7-9-17-59(47)65-61)40-20-26-56-50(32-40)52-34-42(46-14-6-4-12-38(46)2)22-28-58(52)64(56)44-24-30-62-54(36-44)48-16-8-10-18-60(48)66-62/h3-36H,1-2H3. The van der Waals surface area contributed by atoms with E-state index in [1.54, 1.807) is 0 Å². The van der Waals surface area contributed by atoms with E-state index in [1.165, 1.54) is 140 Å². The van der Waals surface area contributed by atoms with Gasteiger partial charge in [0.15, 0.2) is 0 Å². The van der Waals surface area contributed by atoms with Crippen LogP contribution >= 0.6 is 22.7 Å². The molecule has 0 spiro atoms. The molecule has 0 unspecified atom stereocenters. The second-order valence-electron chi connectivity index (χ2n) is 17.8. The van der Waals surface area contributed by atoms with E-state index >= 15 is 0 Å². The van der Waals surface area contributed by atoms with Crippen molar-refractivity contribution in [1.82, 2.24) is 9.13 Å². The summed E-state index contributed by atoms with van der Waals surface area (Å²) in [5.74, 6) is 0. The van der Waals surface area contributed by atoms with Crippen LogP contribution in [0.3, 0.4) is 0 Å². The number of fused-ring (bicyclic) bond motifs is 12. The monoisotopic (exact) mass is 876 g/mol. The number of hydrogen-bond acceptors (Lipinski definition) is 2. The van der Waals surface area contributed by atoms with Crippen LogP contribution in [0.15, 0.2) is 206 Å². The van der Waals surface area contributed by atoms with Crippen molar-refractivity contribution in [2.75, 3.05) is 0 Å². The second-order valence-corrected chi connectivity index (χ2v) is 20.0. The maximum Gasteiger partial charge on any atom is 0.0541 e. The highest BCUT2D eigenvalue weighted by Crippen LogP contribution is 2.43. The first-order chi connectivity index (χ1) is 32.5. The first-order valence-electron chi connectivity index (χ1n) is 22.6. The van der Waals surface area contributed by atoms with Crippen molar-refractivity contribution in [1.29, 1.82) is 0 Å². The van der Waals surface area contributed by atoms with Crippen molar-refractivity contribution in [2.45, 2.75) is 13.8 Å². The van der Waals surface area contributed by atoms with E-state index in [2.05, 4.69) is 229 Å². The summed E-state index contributed by atoms with van der Waals surface area (Å²) in [6.45, 7) is 4.42. The van der Waals surface area contributed by atoms with Crippen LogP contribution in [0.4, 0.5) is 0 Å². The summed E-state index contributed by atoms with van der Waals surface area (Å²) in [6.07, 6.45) is 0. The van der Waals surface area contributed by atoms with Crippen molar-refractivity contribution in [3.05, 3.63) is 217 Å². The van der Waals surface area contributed by atoms with Crippen LogP contribution in [0.25, 0.3) is 129 Å². The van der Waals surface area contributed by atoms with E-state index in [0.29, 0.717) is 0 Å². The molecule has 0 fully saturated rings. The Bertz CT molecular complexity index is 4040. The van der Waals surface area contributed by atoms with Crippen LogP contribution in [0.5, 0.6) is 0 Å². The molecule has 0 amide bonds. The SMILES string of the molecule is Cc1ccccc1-c1ccc2c(c1)c1cc(-c3ccc4c(c3)c3cc(-c5ccccc5C)ccc3n4-c3ccc4sc5ccccc5c4c3)ccc1n2-c1ccc2sc3ccccc3c2c1. The van der Waals surface area contributed by atoms with E-state index in [9.17, 15) is 0 Å². The third-order valence-corrected chi connectivity index (χ3v) is 16.3. The summed E-state index contributed by atoms with van der Waals surface area (Å²) in [4.78, 5) is 0. The van der Waals surface area contributed by atoms with E-state index in [0.717, 1.165) is 0 Å². The summed E-state index contributed by atoms with van der Waals surface area (Å²) in [6, 6.07) is 77.3. The van der Waals surface area contributed by atoms with Crippen molar-refractivity contribution in [3.8, 4) is 44.8 Å². The molecule has 310 valence electrons. The van der Waals surface area contributed by atoms with Gasteiger partial charge in [-0.25, -0.2) is 0 Å². The highest BCUT2D eigenvalue weighted by Gasteiger charge is 2.20. The molecule has 14 aromatic rings. The van der Waals surface area contributed by atoms with Crippen molar-refractivity contribution < 1.29 is 0 Å². The summed E-state index contributed by atoms with van der Waals surface area (Å²) >= 11 is 3.73. The fourth-order valence-corrected chi connectivity index (χ4v) is 13.0. The third kappa shape index (κ3) is 5.65. The van der Waals surface area contributed by atoms with Crippen LogP contribution in [-0.2, 0) is 0 Å². The van der Waals surface area contributed by atoms with Crippen LogP contribution in [-0.4, -0.2) is 9.13 Å². The number of nitrogens with zero attached hydrogens (tertiary/aromatic N) is 2. The number of thiophene rings is 2. The molecule has 2 nitrogen and oxygen atoms in total. The summed E-state index contributed by atoms with van der Waals surface area (Å²) in [7, 11) is 0. The largest absolute Gasteiger partial charge is 0.309 e. The molecule has 0 atom stereocenters. The van der Waals surface area contributed by atoms with Gasteiger partial charge in [-0.2, -0.15) is 0 Å². The number of aromatic nitrogens is 2. The minimum Gasteiger partial charge on any atom is -0.309 e. The molecule has 0 aliphatic carbocycles. The Morgan fingerprint density at radius 2 is 0.621 bits per heavy atom. The predicted molar refractivity (Wildman–Crippen MR) is 287 cm³/mol. The molecule has 0 saturated carbocycles. The smallest absolute Gasteiger partial charge is 0.0541 e. The van der Waals surface area contributed by atoms with Crippen LogP contribution < -0.4 is 0 Å². The van der Waals surface area contributed by atoms with Gasteiger partial charge in [0.05, 0.1) is 22.1 Å². The van der Waals surface area contributed by atoms with Crippen LogP contribution in [0.2, 0.25) is 0 Å². The fourth-order valence-electron chi connectivity index (χ4n) is 10.8. The second kappa shape index (κ2) is 14.4. The summed E-state index contributed by atoms with van der Waals surface area (Å²) in [5, 5.41) is 10.2. The van der Waals surface area contributed by atoms with Gasteiger partial charge in [0.25, 0.3) is 0 Å². The first kappa shape index (κ1) is 37.6. The average Bonchev–Trinajstić information content (AvgIpc) is 4.11. The molecule has 4 aromatic heterocycles. The minimum atomic E-state index is 1.18. The Kier molecular flexibility index (Phi) is 8.19. The quantitative estimate of drug-likeness (QED) is 0.163. The Hall–Kier alpha value is -7.76. The van der Waals surface area contributed by atoms with Gasteiger partial charge in [-0.3, -0.25) is 0 Å². The maximum atomic E-state index is 2.47. The van der Waals surface area contributed by atoms with Gasteiger partial charge in [-0.1, -0.05) is 109 Å². The lowest BCUT2D eigenvalue weighted by Gasteiger charge is -2.10. The zero-order valence-corrected chi connectivity index (χ0v) is 38.0. The van der Waals surface area contributed by atoms with Gasteiger partial charge < -0.3 is 9.13 Å². The lowest BCUT2D eigenvalue weighted by atomic mass is 9.97. The molecular formula is C62H40N2S2. The molecule has 0 bridgehead atoms. The van der Waals surface area contributed by atoms with Gasteiger partial charge in [0, 0.05) is 73.3 Å².